The number of fused-ring (bicyclic) bond motifs is 1. The number of benzene rings is 3. The Morgan fingerprint density at radius 1 is 1.00 bits per heavy atom. The zero-order valence-corrected chi connectivity index (χ0v) is 18.0. The van der Waals surface area contributed by atoms with E-state index in [1.54, 1.807) is 12.1 Å². The van der Waals surface area contributed by atoms with Gasteiger partial charge in [-0.3, -0.25) is 0 Å². The Morgan fingerprint density at radius 3 is 2.62 bits per heavy atom. The molecule has 6 heteroatoms. The summed E-state index contributed by atoms with van der Waals surface area (Å²) in [6.07, 6.45) is 5.53. The van der Waals surface area contributed by atoms with Crippen molar-refractivity contribution in [2.75, 3.05) is 5.32 Å². The first-order chi connectivity index (χ1) is 15.6. The van der Waals surface area contributed by atoms with E-state index >= 15 is 0 Å². The Hall–Kier alpha value is -4.39. The fraction of sp³-hybridized carbons (Fsp3) is 0.0385. The summed E-state index contributed by atoms with van der Waals surface area (Å²) >= 11 is 1.54. The molecule has 152 valence electrons. The van der Waals surface area contributed by atoms with Gasteiger partial charge in [0.25, 0.3) is 0 Å². The summed E-state index contributed by atoms with van der Waals surface area (Å²) < 4.78 is 0. The van der Waals surface area contributed by atoms with Gasteiger partial charge in [0.2, 0.25) is 0 Å². The van der Waals surface area contributed by atoms with Crippen LogP contribution in [-0.2, 0) is 0 Å². The Labute approximate surface area is 189 Å². The summed E-state index contributed by atoms with van der Waals surface area (Å²) in [6, 6.07) is 21.4. The maximum atomic E-state index is 8.97. The molecule has 2 heterocycles. The Morgan fingerprint density at radius 2 is 1.84 bits per heavy atom. The van der Waals surface area contributed by atoms with E-state index in [1.807, 2.05) is 47.8 Å². The van der Waals surface area contributed by atoms with E-state index < -0.39 is 0 Å². The van der Waals surface area contributed by atoms with Crippen molar-refractivity contribution >= 4 is 33.2 Å². The number of aromatic amines is 1. The van der Waals surface area contributed by atoms with Crippen molar-refractivity contribution < 1.29 is 0 Å². The molecule has 3 aromatic carbocycles. The first kappa shape index (κ1) is 19.6. The van der Waals surface area contributed by atoms with Crippen LogP contribution in [0, 0.1) is 30.6 Å². The van der Waals surface area contributed by atoms with Crippen LogP contribution in [0.15, 0.2) is 66.0 Å². The first-order valence-corrected chi connectivity index (χ1v) is 10.8. The number of aromatic nitrogens is 3. The predicted octanol–water partition coefficient (Wildman–Crippen LogP) is 6.26. The third kappa shape index (κ3) is 3.72. The van der Waals surface area contributed by atoms with E-state index in [1.165, 1.54) is 11.3 Å². The van der Waals surface area contributed by atoms with Gasteiger partial charge >= 0.3 is 0 Å². The Kier molecular flexibility index (Phi) is 4.91. The highest BCUT2D eigenvalue weighted by Gasteiger charge is 2.11. The predicted molar refractivity (Wildman–Crippen MR) is 130 cm³/mol. The molecule has 0 aliphatic heterocycles. The molecule has 0 aliphatic rings. The molecule has 32 heavy (non-hydrogen) atoms. The van der Waals surface area contributed by atoms with Gasteiger partial charge in [-0.25, -0.2) is 9.97 Å². The lowest BCUT2D eigenvalue weighted by atomic mass is 10.1. The molecule has 0 aliphatic carbocycles. The highest BCUT2D eigenvalue weighted by atomic mass is 32.1. The normalized spacial score (nSPS) is 10.6. The van der Waals surface area contributed by atoms with Crippen molar-refractivity contribution in [3.8, 4) is 41.1 Å². The van der Waals surface area contributed by atoms with Crippen LogP contribution in [0.4, 0.5) is 10.8 Å². The molecule has 0 radical (unpaired) electrons. The van der Waals surface area contributed by atoms with Gasteiger partial charge in [0.05, 0.1) is 28.4 Å². The average Bonchev–Trinajstić information content (AvgIpc) is 3.46. The minimum Gasteiger partial charge on any atom is -0.338 e. The van der Waals surface area contributed by atoms with Crippen LogP contribution in [0.2, 0.25) is 0 Å². The third-order valence-corrected chi connectivity index (χ3v) is 5.94. The van der Waals surface area contributed by atoms with Gasteiger partial charge in [0, 0.05) is 27.8 Å². The molecule has 0 saturated heterocycles. The molecule has 0 fully saturated rings. The summed E-state index contributed by atoms with van der Waals surface area (Å²) in [7, 11) is 0. The van der Waals surface area contributed by atoms with E-state index in [2.05, 4.69) is 35.3 Å². The lowest BCUT2D eigenvalue weighted by molar-refractivity contribution is 1.33. The largest absolute Gasteiger partial charge is 0.338 e. The number of imidazole rings is 1. The average molecular weight is 432 g/mol. The summed E-state index contributed by atoms with van der Waals surface area (Å²) in [6.45, 7) is 2.05. The number of aryl methyl sites for hydroxylation is 1. The highest BCUT2D eigenvalue weighted by molar-refractivity contribution is 7.14. The fourth-order valence-corrected chi connectivity index (χ4v) is 4.22. The molecule has 5 rings (SSSR count). The number of terminal acetylenes is 1. The van der Waals surface area contributed by atoms with Crippen LogP contribution in [0.5, 0.6) is 0 Å². The van der Waals surface area contributed by atoms with Gasteiger partial charge in [0.15, 0.2) is 5.13 Å². The van der Waals surface area contributed by atoms with Crippen molar-refractivity contribution in [3.63, 3.8) is 0 Å². The summed E-state index contributed by atoms with van der Waals surface area (Å²) in [4.78, 5) is 12.9. The Balaban J connectivity index is 1.43. The molecule has 5 nitrogen and oxygen atoms in total. The van der Waals surface area contributed by atoms with Crippen LogP contribution in [0.25, 0.3) is 33.7 Å². The number of anilines is 2. The number of thiazole rings is 1. The quantitative estimate of drug-likeness (QED) is 0.329. The van der Waals surface area contributed by atoms with Crippen LogP contribution in [0.3, 0.4) is 0 Å². The van der Waals surface area contributed by atoms with E-state index in [4.69, 9.17) is 21.7 Å². The molecular formula is C26H17N5S. The first-order valence-electron chi connectivity index (χ1n) is 9.93. The number of nitrogens with zero attached hydrogens (tertiary/aromatic N) is 3. The number of nitrogens with one attached hydrogen (secondary N) is 2. The number of nitriles is 1. The topological polar surface area (TPSA) is 77.4 Å². The highest BCUT2D eigenvalue weighted by Crippen LogP contribution is 2.31. The van der Waals surface area contributed by atoms with E-state index in [0.29, 0.717) is 5.56 Å². The second kappa shape index (κ2) is 8.03. The van der Waals surface area contributed by atoms with Crippen LogP contribution in [-0.4, -0.2) is 15.0 Å². The molecule has 2 N–H and O–H groups in total. The maximum Gasteiger partial charge on any atom is 0.187 e. The lowest BCUT2D eigenvalue weighted by Gasteiger charge is -2.06. The molecular weight excluding hydrogens is 414 g/mol. The van der Waals surface area contributed by atoms with Crippen LogP contribution >= 0.6 is 11.3 Å². The van der Waals surface area contributed by atoms with Gasteiger partial charge in [-0.2, -0.15) is 5.26 Å². The standard InChI is InChI=1S/C26H17N5S/c1-3-17-5-4-6-20(12-17)25-28-22-11-16(2)21(13-23(22)29-25)30-26-31-24(15-32-26)19-9-7-18(14-27)8-10-19/h1,4-13,15H,2H3,(H,28,29)(H,30,31). The second-order valence-electron chi connectivity index (χ2n) is 7.35. The Bertz CT molecular complexity index is 1530. The van der Waals surface area contributed by atoms with Gasteiger partial charge < -0.3 is 10.3 Å². The number of hydrogen-bond acceptors (Lipinski definition) is 5. The number of hydrogen-bond donors (Lipinski definition) is 2. The summed E-state index contributed by atoms with van der Waals surface area (Å²) in [5, 5.41) is 15.2. The minimum absolute atomic E-state index is 0.635. The lowest BCUT2D eigenvalue weighted by Crippen LogP contribution is -1.93. The van der Waals surface area contributed by atoms with Crippen molar-refractivity contribution in [3.05, 3.63) is 82.7 Å². The van der Waals surface area contributed by atoms with Crippen molar-refractivity contribution in [2.45, 2.75) is 6.92 Å². The van der Waals surface area contributed by atoms with Crippen molar-refractivity contribution in [1.29, 1.82) is 5.26 Å². The molecule has 5 aromatic rings. The third-order valence-electron chi connectivity index (χ3n) is 5.19. The molecule has 0 saturated carbocycles. The van der Waals surface area contributed by atoms with E-state index in [0.717, 1.165) is 55.6 Å². The van der Waals surface area contributed by atoms with E-state index in [9.17, 15) is 0 Å². The van der Waals surface area contributed by atoms with Gasteiger partial charge in [0.1, 0.15) is 5.82 Å². The van der Waals surface area contributed by atoms with Crippen LogP contribution < -0.4 is 5.32 Å². The summed E-state index contributed by atoms with van der Waals surface area (Å²) in [5.74, 6) is 3.45. The van der Waals surface area contributed by atoms with Gasteiger partial charge in [-0.1, -0.05) is 30.2 Å². The SMILES string of the molecule is C#Cc1cccc(-c2nc3cc(Nc4nc(-c5ccc(C#N)cc5)cs4)c(C)cc3[nH]2)c1. The second-order valence-corrected chi connectivity index (χ2v) is 8.20. The van der Waals surface area contributed by atoms with Gasteiger partial charge in [-0.15, -0.1) is 17.8 Å². The molecule has 0 atom stereocenters. The van der Waals surface area contributed by atoms with Crippen molar-refractivity contribution in [1.82, 2.24) is 15.0 Å². The minimum atomic E-state index is 0.635. The number of rotatable bonds is 4. The monoisotopic (exact) mass is 431 g/mol. The smallest absolute Gasteiger partial charge is 0.187 e. The van der Waals surface area contributed by atoms with Gasteiger partial charge in [-0.05, 0) is 48.9 Å². The molecule has 0 amide bonds. The van der Waals surface area contributed by atoms with Crippen LogP contribution in [0.1, 0.15) is 16.7 Å². The molecule has 0 spiro atoms. The molecule has 0 unspecified atom stereocenters. The van der Waals surface area contributed by atoms with E-state index in [-0.39, 0.29) is 0 Å². The maximum absolute atomic E-state index is 8.97. The zero-order valence-electron chi connectivity index (χ0n) is 17.2. The zero-order chi connectivity index (χ0) is 22.1. The summed E-state index contributed by atoms with van der Waals surface area (Å²) in [5.41, 5.74) is 8.13. The fourth-order valence-electron chi connectivity index (χ4n) is 3.49. The van der Waals surface area contributed by atoms with Crippen molar-refractivity contribution in [2.24, 2.45) is 0 Å². The number of H-pyrrole nitrogens is 1. The molecule has 0 bridgehead atoms. The molecule has 2 aromatic heterocycles.